The number of aliphatic hydroxyl groups excluding tert-OH is 1. The first-order valence-electron chi connectivity index (χ1n) is 10.9. The third-order valence-corrected chi connectivity index (χ3v) is 6.72. The van der Waals surface area contributed by atoms with Gasteiger partial charge in [0.1, 0.15) is 0 Å². The van der Waals surface area contributed by atoms with Gasteiger partial charge in [0, 0.05) is 39.3 Å². The Labute approximate surface area is 180 Å². The molecular weight excluding hydrogens is 392 g/mol. The number of H-pyrrole nitrogens is 1. The van der Waals surface area contributed by atoms with Gasteiger partial charge in [-0.25, -0.2) is 4.79 Å². The number of benzene rings is 2. The summed E-state index contributed by atoms with van der Waals surface area (Å²) in [5, 5.41) is 9.92. The highest BCUT2D eigenvalue weighted by molar-refractivity contribution is 5.82. The van der Waals surface area contributed by atoms with E-state index in [1.807, 2.05) is 29.2 Å². The molecule has 0 saturated carbocycles. The van der Waals surface area contributed by atoms with Crippen LogP contribution < -0.4 is 5.69 Å². The van der Waals surface area contributed by atoms with Crippen molar-refractivity contribution in [1.29, 1.82) is 0 Å². The maximum absolute atomic E-state index is 13.4. The number of hydrogen-bond acceptors (Lipinski definition) is 4. The van der Waals surface area contributed by atoms with Gasteiger partial charge in [-0.05, 0) is 41.7 Å². The van der Waals surface area contributed by atoms with Crippen LogP contribution >= 0.6 is 0 Å². The Morgan fingerprint density at radius 3 is 2.77 bits per heavy atom. The van der Waals surface area contributed by atoms with Crippen LogP contribution in [-0.2, 0) is 31.2 Å². The lowest BCUT2D eigenvalue weighted by Gasteiger charge is -2.39. The van der Waals surface area contributed by atoms with Crippen molar-refractivity contribution in [3.05, 3.63) is 69.6 Å². The second kappa shape index (κ2) is 7.98. The zero-order valence-corrected chi connectivity index (χ0v) is 17.8. The molecule has 0 aliphatic carbocycles. The summed E-state index contributed by atoms with van der Waals surface area (Å²) in [5.41, 5.74) is 4.84. The molecule has 2 aromatic carbocycles. The van der Waals surface area contributed by atoms with Crippen LogP contribution in [0.4, 0.5) is 0 Å². The topological polar surface area (TPSA) is 81.6 Å². The second-order valence-electron chi connectivity index (χ2n) is 8.87. The maximum atomic E-state index is 13.4. The van der Waals surface area contributed by atoms with Crippen molar-refractivity contribution in [3.8, 4) is 0 Å². The molecule has 1 saturated heterocycles. The Morgan fingerprint density at radius 1 is 1.19 bits per heavy atom. The second-order valence-corrected chi connectivity index (χ2v) is 8.87. The van der Waals surface area contributed by atoms with E-state index in [1.165, 1.54) is 11.1 Å². The number of aromatic amines is 1. The van der Waals surface area contributed by atoms with Crippen LogP contribution in [0.3, 0.4) is 0 Å². The number of likely N-dealkylation sites (tertiary alicyclic amines) is 1. The first-order valence-corrected chi connectivity index (χ1v) is 10.9. The smallest absolute Gasteiger partial charge is 0.326 e. The summed E-state index contributed by atoms with van der Waals surface area (Å²) < 4.78 is 1.57. The van der Waals surface area contributed by atoms with E-state index in [-0.39, 0.29) is 23.7 Å². The van der Waals surface area contributed by atoms with Gasteiger partial charge < -0.3 is 15.0 Å². The molecule has 2 atom stereocenters. The minimum atomic E-state index is -0.264. The highest BCUT2D eigenvalue weighted by Crippen LogP contribution is 2.26. The lowest BCUT2D eigenvalue weighted by molar-refractivity contribution is -0.134. The molecule has 1 amide bonds. The van der Waals surface area contributed by atoms with Crippen molar-refractivity contribution in [2.45, 2.75) is 38.0 Å². The SMILES string of the molecule is Cn1c(=O)[nH]c2cc(CC(=O)N3Cc4ccccc4CC3CN3CC[C@H](O)C3)ccc21. The molecule has 31 heavy (non-hydrogen) atoms. The number of nitrogens with one attached hydrogen (secondary N) is 1. The van der Waals surface area contributed by atoms with Crippen molar-refractivity contribution in [2.24, 2.45) is 7.05 Å². The molecule has 2 N–H and O–H groups in total. The summed E-state index contributed by atoms with van der Waals surface area (Å²) in [6.45, 7) is 2.94. The zero-order chi connectivity index (χ0) is 21.5. The molecule has 5 rings (SSSR count). The van der Waals surface area contributed by atoms with Gasteiger partial charge in [-0.2, -0.15) is 0 Å². The highest BCUT2D eigenvalue weighted by atomic mass is 16.3. The number of aryl methyl sites for hydroxylation is 1. The van der Waals surface area contributed by atoms with Crippen molar-refractivity contribution in [2.75, 3.05) is 19.6 Å². The largest absolute Gasteiger partial charge is 0.392 e. The van der Waals surface area contributed by atoms with Crippen LogP contribution in [0.5, 0.6) is 0 Å². The standard InChI is InChI=1S/C24H28N4O3/c1-26-22-7-6-16(10-21(22)25-24(26)31)11-23(30)28-13-18-5-3-2-4-17(18)12-19(28)14-27-9-8-20(29)15-27/h2-7,10,19-20,29H,8-9,11-15H2,1H3,(H,25,31)/t19?,20-/m0/s1. The van der Waals surface area contributed by atoms with E-state index in [4.69, 9.17) is 0 Å². The lowest BCUT2D eigenvalue weighted by Crippen LogP contribution is -2.50. The molecule has 2 aliphatic rings. The van der Waals surface area contributed by atoms with Crippen molar-refractivity contribution < 1.29 is 9.90 Å². The molecule has 0 radical (unpaired) electrons. The summed E-state index contributed by atoms with van der Waals surface area (Å²) in [6, 6.07) is 14.2. The van der Waals surface area contributed by atoms with Crippen molar-refractivity contribution in [1.82, 2.24) is 19.4 Å². The number of imidazole rings is 1. The van der Waals surface area contributed by atoms with Gasteiger partial charge >= 0.3 is 5.69 Å². The maximum Gasteiger partial charge on any atom is 0.326 e. The first kappa shape index (κ1) is 20.0. The van der Waals surface area contributed by atoms with Gasteiger partial charge in [-0.3, -0.25) is 14.3 Å². The number of carbonyl (C=O) groups excluding carboxylic acids is 1. The van der Waals surface area contributed by atoms with E-state index in [1.54, 1.807) is 11.6 Å². The Bertz CT molecular complexity index is 1180. The molecule has 162 valence electrons. The van der Waals surface area contributed by atoms with Crippen LogP contribution in [0.1, 0.15) is 23.1 Å². The third kappa shape index (κ3) is 3.91. The summed E-state index contributed by atoms with van der Waals surface area (Å²) in [5.74, 6) is 0.0943. The van der Waals surface area contributed by atoms with E-state index in [2.05, 4.69) is 28.1 Å². The van der Waals surface area contributed by atoms with Gasteiger partial charge in [0.15, 0.2) is 0 Å². The third-order valence-electron chi connectivity index (χ3n) is 6.72. The average Bonchev–Trinajstić information content (AvgIpc) is 3.29. The first-order chi connectivity index (χ1) is 15.0. The molecule has 2 aliphatic heterocycles. The minimum absolute atomic E-state index is 0.0907. The Kier molecular flexibility index (Phi) is 5.16. The van der Waals surface area contributed by atoms with Crippen LogP contribution in [0.2, 0.25) is 0 Å². The van der Waals surface area contributed by atoms with Gasteiger partial charge in [-0.1, -0.05) is 30.3 Å². The van der Waals surface area contributed by atoms with Crippen molar-refractivity contribution in [3.63, 3.8) is 0 Å². The van der Waals surface area contributed by atoms with Crippen LogP contribution in [0.15, 0.2) is 47.3 Å². The monoisotopic (exact) mass is 420 g/mol. The average molecular weight is 421 g/mol. The summed E-state index contributed by atoms with van der Waals surface area (Å²) in [4.78, 5) is 32.4. The fraction of sp³-hybridized carbons (Fsp3) is 0.417. The molecule has 0 spiro atoms. The fourth-order valence-corrected chi connectivity index (χ4v) is 4.99. The zero-order valence-electron chi connectivity index (χ0n) is 17.8. The van der Waals surface area contributed by atoms with Gasteiger partial charge in [0.2, 0.25) is 5.91 Å². The number of aromatic nitrogens is 2. The molecule has 1 aromatic heterocycles. The summed E-state index contributed by atoms with van der Waals surface area (Å²) in [6.07, 6.45) is 1.67. The number of fused-ring (bicyclic) bond motifs is 2. The Hall–Kier alpha value is -2.90. The number of nitrogens with zero attached hydrogens (tertiary/aromatic N) is 3. The molecule has 1 unspecified atom stereocenters. The van der Waals surface area contributed by atoms with E-state index in [9.17, 15) is 14.7 Å². The number of aliphatic hydroxyl groups is 1. The van der Waals surface area contributed by atoms with Crippen LogP contribution in [-0.4, -0.2) is 62.1 Å². The minimum Gasteiger partial charge on any atom is -0.392 e. The molecule has 3 heterocycles. The van der Waals surface area contributed by atoms with Crippen LogP contribution in [0, 0.1) is 0 Å². The normalized spacial score (nSPS) is 21.5. The Morgan fingerprint density at radius 2 is 2.00 bits per heavy atom. The van der Waals surface area contributed by atoms with E-state index in [0.717, 1.165) is 42.5 Å². The summed E-state index contributed by atoms with van der Waals surface area (Å²) in [7, 11) is 1.73. The molecule has 7 heteroatoms. The molecular formula is C24H28N4O3. The number of β-amino-alcohol motifs (C(OH)–C–C–N with tert-alkyl or cyclic N) is 1. The fourth-order valence-electron chi connectivity index (χ4n) is 4.99. The van der Waals surface area contributed by atoms with Crippen molar-refractivity contribution >= 4 is 16.9 Å². The van der Waals surface area contributed by atoms with E-state index < -0.39 is 0 Å². The molecule has 1 fully saturated rings. The number of carbonyl (C=O) groups is 1. The van der Waals surface area contributed by atoms with Gasteiger partial charge in [0.25, 0.3) is 0 Å². The van der Waals surface area contributed by atoms with Crippen LogP contribution in [0.25, 0.3) is 11.0 Å². The lowest BCUT2D eigenvalue weighted by atomic mass is 9.93. The van der Waals surface area contributed by atoms with E-state index >= 15 is 0 Å². The van der Waals surface area contributed by atoms with E-state index in [0.29, 0.717) is 19.5 Å². The van der Waals surface area contributed by atoms with Gasteiger partial charge in [0.05, 0.1) is 23.6 Å². The summed E-state index contributed by atoms with van der Waals surface area (Å²) >= 11 is 0. The number of hydrogen-bond donors (Lipinski definition) is 2. The molecule has 0 bridgehead atoms. The predicted octanol–water partition coefficient (Wildman–Crippen LogP) is 1.43. The number of amides is 1. The quantitative estimate of drug-likeness (QED) is 0.669. The molecule has 7 nitrogen and oxygen atoms in total. The highest BCUT2D eigenvalue weighted by Gasteiger charge is 2.32. The number of rotatable bonds is 4. The Balaban J connectivity index is 1.38. The molecule has 3 aromatic rings. The predicted molar refractivity (Wildman–Crippen MR) is 119 cm³/mol. The van der Waals surface area contributed by atoms with Gasteiger partial charge in [-0.15, -0.1) is 0 Å².